The number of aromatic nitrogens is 3. The summed E-state index contributed by atoms with van der Waals surface area (Å²) in [7, 11) is 0. The van der Waals surface area contributed by atoms with E-state index in [1.54, 1.807) is 6.20 Å². The van der Waals surface area contributed by atoms with Crippen molar-refractivity contribution in [1.29, 1.82) is 0 Å². The summed E-state index contributed by atoms with van der Waals surface area (Å²) in [4.78, 5) is 6.28. The molecule has 0 saturated carbocycles. The number of nitrogens with zero attached hydrogens (tertiary/aromatic N) is 4. The largest absolute Gasteiger partial charge is 0.352 e. The molecule has 3 heterocycles. The van der Waals surface area contributed by atoms with E-state index < -0.39 is 0 Å². The summed E-state index contributed by atoms with van der Waals surface area (Å²) in [5.74, 6) is 0.0650. The van der Waals surface area contributed by atoms with Crippen molar-refractivity contribution in [3.8, 4) is 0 Å². The Morgan fingerprint density at radius 1 is 1.35 bits per heavy atom. The van der Waals surface area contributed by atoms with Gasteiger partial charge in [-0.15, -0.1) is 0 Å². The lowest BCUT2D eigenvalue weighted by Crippen LogP contribution is -2.44. The van der Waals surface area contributed by atoms with Gasteiger partial charge in [-0.05, 0) is 15.9 Å². The Kier molecular flexibility index (Phi) is 2.71. The number of hydrogen-bond donors (Lipinski definition) is 1. The first-order chi connectivity index (χ1) is 8.25. The monoisotopic (exact) mass is 299 g/mol. The van der Waals surface area contributed by atoms with Gasteiger partial charge in [-0.2, -0.15) is 5.10 Å². The van der Waals surface area contributed by atoms with Crippen LogP contribution in [0.4, 0.5) is 10.2 Å². The number of hydrogen-bond acceptors (Lipinski definition) is 4. The minimum Gasteiger partial charge on any atom is -0.352 e. The molecule has 2 aromatic rings. The van der Waals surface area contributed by atoms with Gasteiger partial charge in [0.05, 0.1) is 16.9 Å². The van der Waals surface area contributed by atoms with Crippen molar-refractivity contribution in [3.63, 3.8) is 0 Å². The van der Waals surface area contributed by atoms with E-state index in [0.29, 0.717) is 11.5 Å². The van der Waals surface area contributed by atoms with E-state index in [-0.39, 0.29) is 5.82 Å². The summed E-state index contributed by atoms with van der Waals surface area (Å²) in [6, 6.07) is 0. The molecule has 1 saturated heterocycles. The molecule has 1 fully saturated rings. The lowest BCUT2D eigenvalue weighted by Gasteiger charge is -2.28. The van der Waals surface area contributed by atoms with Crippen LogP contribution >= 0.6 is 15.9 Å². The number of nitrogens with one attached hydrogen (secondary N) is 1. The Hall–Kier alpha value is -1.21. The first-order valence-corrected chi connectivity index (χ1v) is 6.20. The Balaban J connectivity index is 2.07. The van der Waals surface area contributed by atoms with Crippen LogP contribution in [0.15, 0.2) is 16.9 Å². The zero-order valence-corrected chi connectivity index (χ0v) is 10.6. The predicted octanol–water partition coefficient (Wildman–Crippen LogP) is 1.04. The zero-order valence-electron chi connectivity index (χ0n) is 9.03. The molecule has 0 spiro atoms. The maximum atomic E-state index is 13.9. The van der Waals surface area contributed by atoms with Crippen molar-refractivity contribution < 1.29 is 4.39 Å². The number of halogens is 2. The van der Waals surface area contributed by atoms with Crippen molar-refractivity contribution in [1.82, 2.24) is 19.9 Å². The SMILES string of the molecule is Fc1cn2ncc(Br)c2nc1N1CCNCC1. The number of rotatable bonds is 1. The molecular weight excluding hydrogens is 289 g/mol. The Bertz CT molecular complexity index is 549. The van der Waals surface area contributed by atoms with Gasteiger partial charge in [0.1, 0.15) is 0 Å². The number of piperazine rings is 1. The van der Waals surface area contributed by atoms with E-state index in [0.717, 1.165) is 30.7 Å². The van der Waals surface area contributed by atoms with Crippen molar-refractivity contribution in [3.05, 3.63) is 22.7 Å². The van der Waals surface area contributed by atoms with E-state index in [1.807, 2.05) is 4.90 Å². The Morgan fingerprint density at radius 2 is 2.12 bits per heavy atom. The second-order valence-electron chi connectivity index (χ2n) is 3.91. The van der Waals surface area contributed by atoms with Gasteiger partial charge >= 0.3 is 0 Å². The molecule has 2 aromatic heterocycles. The summed E-state index contributed by atoms with van der Waals surface area (Å²) < 4.78 is 16.1. The Labute approximate surface area is 106 Å². The Morgan fingerprint density at radius 3 is 2.88 bits per heavy atom. The molecule has 0 amide bonds. The van der Waals surface area contributed by atoms with Gasteiger partial charge in [-0.25, -0.2) is 13.9 Å². The maximum Gasteiger partial charge on any atom is 0.184 e. The first-order valence-electron chi connectivity index (χ1n) is 5.41. The minimum atomic E-state index is -0.338. The van der Waals surface area contributed by atoms with Crippen LogP contribution in [0.1, 0.15) is 0 Å². The normalized spacial score (nSPS) is 16.7. The summed E-state index contributed by atoms with van der Waals surface area (Å²) >= 11 is 3.35. The van der Waals surface area contributed by atoms with E-state index in [4.69, 9.17) is 0 Å². The van der Waals surface area contributed by atoms with Crippen LogP contribution in [-0.4, -0.2) is 40.8 Å². The van der Waals surface area contributed by atoms with Gasteiger partial charge in [0.25, 0.3) is 0 Å². The minimum absolute atomic E-state index is 0.338. The fourth-order valence-corrected chi connectivity index (χ4v) is 2.31. The molecule has 0 aromatic carbocycles. The maximum absolute atomic E-state index is 13.9. The predicted molar refractivity (Wildman–Crippen MR) is 65.7 cm³/mol. The lowest BCUT2D eigenvalue weighted by molar-refractivity contribution is 0.554. The summed E-state index contributed by atoms with van der Waals surface area (Å²) in [6.07, 6.45) is 2.98. The van der Waals surface area contributed by atoms with E-state index in [1.165, 1.54) is 10.7 Å². The van der Waals surface area contributed by atoms with E-state index in [2.05, 4.69) is 31.3 Å². The second kappa shape index (κ2) is 4.23. The van der Waals surface area contributed by atoms with Crippen LogP contribution < -0.4 is 10.2 Å². The third kappa shape index (κ3) is 1.89. The number of fused-ring (bicyclic) bond motifs is 1. The van der Waals surface area contributed by atoms with Crippen LogP contribution in [0.5, 0.6) is 0 Å². The molecule has 0 bridgehead atoms. The van der Waals surface area contributed by atoms with Gasteiger partial charge in [-0.3, -0.25) is 0 Å². The fraction of sp³-hybridized carbons (Fsp3) is 0.400. The van der Waals surface area contributed by atoms with Gasteiger partial charge in [0.15, 0.2) is 17.3 Å². The molecule has 17 heavy (non-hydrogen) atoms. The molecule has 0 atom stereocenters. The molecular formula is C10H11BrFN5. The highest BCUT2D eigenvalue weighted by molar-refractivity contribution is 9.10. The highest BCUT2D eigenvalue weighted by Gasteiger charge is 2.18. The fourth-order valence-electron chi connectivity index (χ4n) is 1.95. The average Bonchev–Trinajstić information content (AvgIpc) is 2.70. The smallest absolute Gasteiger partial charge is 0.184 e. The van der Waals surface area contributed by atoms with E-state index >= 15 is 0 Å². The van der Waals surface area contributed by atoms with Crippen LogP contribution in [0.3, 0.4) is 0 Å². The van der Waals surface area contributed by atoms with Crippen molar-refractivity contribution in [2.45, 2.75) is 0 Å². The summed E-state index contributed by atoms with van der Waals surface area (Å²) in [5, 5.41) is 7.23. The van der Waals surface area contributed by atoms with Crippen LogP contribution in [0.25, 0.3) is 5.65 Å². The third-order valence-corrected chi connectivity index (χ3v) is 3.36. The highest BCUT2D eigenvalue weighted by Crippen LogP contribution is 2.22. The lowest BCUT2D eigenvalue weighted by atomic mass is 10.3. The molecule has 1 N–H and O–H groups in total. The topological polar surface area (TPSA) is 45.5 Å². The summed E-state index contributed by atoms with van der Waals surface area (Å²) in [5.41, 5.74) is 0.639. The first kappa shape index (κ1) is 10.9. The molecule has 0 unspecified atom stereocenters. The molecule has 0 aliphatic carbocycles. The van der Waals surface area contributed by atoms with Crippen LogP contribution in [0.2, 0.25) is 0 Å². The molecule has 1 aliphatic rings. The quantitative estimate of drug-likeness (QED) is 0.855. The van der Waals surface area contributed by atoms with Gasteiger partial charge in [0, 0.05) is 26.2 Å². The zero-order chi connectivity index (χ0) is 11.8. The molecule has 7 heteroatoms. The van der Waals surface area contributed by atoms with Crippen LogP contribution in [-0.2, 0) is 0 Å². The second-order valence-corrected chi connectivity index (χ2v) is 4.76. The van der Waals surface area contributed by atoms with E-state index in [9.17, 15) is 4.39 Å². The molecule has 1 aliphatic heterocycles. The van der Waals surface area contributed by atoms with Crippen molar-refractivity contribution in [2.24, 2.45) is 0 Å². The molecule has 90 valence electrons. The van der Waals surface area contributed by atoms with Crippen molar-refractivity contribution in [2.75, 3.05) is 31.1 Å². The van der Waals surface area contributed by atoms with Gasteiger partial charge < -0.3 is 10.2 Å². The number of anilines is 1. The van der Waals surface area contributed by atoms with Crippen molar-refractivity contribution >= 4 is 27.4 Å². The highest BCUT2D eigenvalue weighted by atomic mass is 79.9. The molecule has 5 nitrogen and oxygen atoms in total. The third-order valence-electron chi connectivity index (χ3n) is 2.80. The molecule has 0 radical (unpaired) electrons. The van der Waals surface area contributed by atoms with Gasteiger partial charge in [0.2, 0.25) is 0 Å². The average molecular weight is 300 g/mol. The standard InChI is InChI=1S/C10H11BrFN5/c11-7-5-14-17-6-8(12)10(15-9(7)17)16-3-1-13-2-4-16/h5-6,13H,1-4H2. The molecule has 3 rings (SSSR count). The van der Waals surface area contributed by atoms with Gasteiger partial charge in [-0.1, -0.05) is 0 Å². The summed E-state index contributed by atoms with van der Waals surface area (Å²) in [6.45, 7) is 3.25. The van der Waals surface area contributed by atoms with Crippen LogP contribution in [0, 0.1) is 5.82 Å².